The predicted octanol–water partition coefficient (Wildman–Crippen LogP) is 4.06. The molecular weight excluding hydrogens is 404 g/mol. The molecule has 2 N–H and O–H groups in total. The molecule has 31 heavy (non-hydrogen) atoms. The molecule has 3 aliphatic rings. The van der Waals surface area contributed by atoms with Crippen LogP contribution in [-0.4, -0.2) is 51.8 Å². The summed E-state index contributed by atoms with van der Waals surface area (Å²) in [7, 11) is -3.65. The largest absolute Gasteiger partial charge is 0.313 e. The Hall–Kier alpha value is -1.53. The zero-order valence-corrected chi connectivity index (χ0v) is 19.7. The molecule has 2 unspecified atom stereocenters. The fourth-order valence-corrected chi connectivity index (χ4v) is 6.68. The molecule has 2 atom stereocenters. The van der Waals surface area contributed by atoms with E-state index in [-0.39, 0.29) is 0 Å². The van der Waals surface area contributed by atoms with Crippen LogP contribution in [0.15, 0.2) is 53.4 Å². The molecule has 0 amide bonds. The molecule has 0 radical (unpaired) electrons. The summed E-state index contributed by atoms with van der Waals surface area (Å²) in [6.07, 6.45) is 9.22. The molecule has 4 nitrogen and oxygen atoms in total. The lowest BCUT2D eigenvalue weighted by molar-refractivity contribution is 0.175. The summed E-state index contributed by atoms with van der Waals surface area (Å²) in [6, 6.07) is 17.4. The normalized spacial score (nSPS) is 27.7. The molecule has 2 aromatic rings. The van der Waals surface area contributed by atoms with Gasteiger partial charge in [-0.15, -0.1) is 0 Å². The number of aryl methyl sites for hydroxylation is 1. The molecule has 2 fully saturated rings. The summed E-state index contributed by atoms with van der Waals surface area (Å²) in [5.74, 6) is 0.771. The van der Waals surface area contributed by atoms with Gasteiger partial charge in [-0.1, -0.05) is 36.4 Å². The number of hydrogen-bond donors (Lipinski definition) is 2. The summed E-state index contributed by atoms with van der Waals surface area (Å²) in [4.78, 5) is 3.04. The topological polar surface area (TPSA) is 52.6 Å². The third-order valence-electron chi connectivity index (χ3n) is 7.83. The number of piperidine rings is 1. The number of fused-ring (bicyclic) bond motifs is 2. The van der Waals surface area contributed by atoms with E-state index in [0.29, 0.717) is 16.4 Å². The van der Waals surface area contributed by atoms with Crippen molar-refractivity contribution in [2.24, 2.45) is 5.92 Å². The van der Waals surface area contributed by atoms with Crippen LogP contribution >= 0.6 is 0 Å². The van der Waals surface area contributed by atoms with Crippen molar-refractivity contribution in [1.29, 1.82) is 0 Å². The maximum Gasteiger partial charge on any atom is 0.0536 e. The molecule has 2 aliphatic carbocycles. The molecular formula is C26H36N2O2S. The molecule has 1 spiro atoms. The fourth-order valence-electron chi connectivity index (χ4n) is 5.76. The Morgan fingerprint density at radius 2 is 1.81 bits per heavy atom. The number of rotatable bonds is 6. The van der Waals surface area contributed by atoms with Crippen molar-refractivity contribution in [3.8, 4) is 0 Å². The smallest absolute Gasteiger partial charge is 0.0536 e. The summed E-state index contributed by atoms with van der Waals surface area (Å²) >= 11 is 0. The number of benzene rings is 2. The van der Waals surface area contributed by atoms with Gasteiger partial charge in [0, 0.05) is 30.5 Å². The van der Waals surface area contributed by atoms with E-state index in [9.17, 15) is 8.76 Å². The van der Waals surface area contributed by atoms with Crippen LogP contribution in [0.3, 0.4) is 0 Å². The predicted molar refractivity (Wildman–Crippen MR) is 128 cm³/mol. The van der Waals surface area contributed by atoms with Crippen LogP contribution in [0.1, 0.15) is 42.4 Å². The number of hydrogen-bond acceptors (Lipinski definition) is 3. The fraction of sp³-hybridized carbons (Fsp3) is 0.538. The van der Waals surface area contributed by atoms with Gasteiger partial charge in [0.25, 0.3) is 0 Å². The summed E-state index contributed by atoms with van der Waals surface area (Å²) in [5.41, 5.74) is 4.85. The molecule has 2 aromatic carbocycles. The third-order valence-corrected chi connectivity index (χ3v) is 9.45. The molecule has 1 heterocycles. The van der Waals surface area contributed by atoms with Crippen molar-refractivity contribution < 1.29 is 8.76 Å². The van der Waals surface area contributed by atoms with E-state index in [4.69, 9.17) is 0 Å². The minimum absolute atomic E-state index is 0.442. The minimum atomic E-state index is -3.65. The highest BCUT2D eigenvalue weighted by Crippen LogP contribution is 2.56. The van der Waals surface area contributed by atoms with Crippen molar-refractivity contribution in [2.45, 2.75) is 55.0 Å². The van der Waals surface area contributed by atoms with E-state index in [1.54, 1.807) is 11.1 Å². The maximum atomic E-state index is 12.3. The lowest BCUT2D eigenvalue weighted by atomic mass is 9.95. The summed E-state index contributed by atoms with van der Waals surface area (Å²) in [5, 5.41) is 3.92. The molecule has 1 saturated heterocycles. The first kappa shape index (κ1) is 21.3. The van der Waals surface area contributed by atoms with E-state index in [1.807, 2.05) is 24.3 Å². The number of likely N-dealkylation sites (tertiary alicyclic amines) is 1. The monoisotopic (exact) mass is 440 g/mol. The minimum Gasteiger partial charge on any atom is -0.313 e. The van der Waals surface area contributed by atoms with Gasteiger partial charge in [0.1, 0.15) is 0 Å². The van der Waals surface area contributed by atoms with Gasteiger partial charge < -0.3 is 5.32 Å². The molecule has 168 valence electrons. The number of nitrogens with one attached hydrogen (secondary N) is 1. The van der Waals surface area contributed by atoms with Gasteiger partial charge in [0.2, 0.25) is 0 Å². The third kappa shape index (κ3) is 4.38. The van der Waals surface area contributed by atoms with E-state index >= 15 is 0 Å². The second-order valence-corrected chi connectivity index (χ2v) is 14.6. The van der Waals surface area contributed by atoms with Crippen molar-refractivity contribution in [3.63, 3.8) is 0 Å². The van der Waals surface area contributed by atoms with Crippen molar-refractivity contribution in [1.82, 2.24) is 10.2 Å². The molecule has 5 heteroatoms. The van der Waals surface area contributed by atoms with Gasteiger partial charge in [-0.05, 0) is 86.5 Å². The van der Waals surface area contributed by atoms with Crippen LogP contribution in [0.2, 0.25) is 0 Å². The second kappa shape index (κ2) is 7.51. The highest BCUT2D eigenvalue weighted by atomic mass is 32.3. The Labute approximate surface area is 186 Å². The Morgan fingerprint density at radius 1 is 1.10 bits per heavy atom. The van der Waals surface area contributed by atoms with Crippen LogP contribution in [0.4, 0.5) is 0 Å². The van der Waals surface area contributed by atoms with Crippen LogP contribution < -0.4 is 5.32 Å². The molecule has 0 aromatic heterocycles. The molecule has 1 saturated carbocycles. The molecule has 1 aliphatic heterocycles. The second-order valence-electron chi connectivity index (χ2n) is 10.6. The van der Waals surface area contributed by atoms with E-state index in [1.165, 1.54) is 50.2 Å². The Kier molecular flexibility index (Phi) is 5.17. The summed E-state index contributed by atoms with van der Waals surface area (Å²) in [6.45, 7) is 4.34. The van der Waals surface area contributed by atoms with Gasteiger partial charge in [-0.25, -0.2) is 4.21 Å². The average Bonchev–Trinajstić information content (AvgIpc) is 3.32. The highest BCUT2D eigenvalue weighted by molar-refractivity contribution is 8.14. The lowest BCUT2D eigenvalue weighted by Crippen LogP contribution is -2.38. The SMILES string of the molecule is CS(C)(=O)(O)c1ccc(CN2CCC(CNC3CC34CCc3ccccc34)CC2)cc1. The Morgan fingerprint density at radius 3 is 2.52 bits per heavy atom. The van der Waals surface area contributed by atoms with Crippen LogP contribution in [0.25, 0.3) is 0 Å². The van der Waals surface area contributed by atoms with Crippen molar-refractivity contribution in [2.75, 3.05) is 32.1 Å². The average molecular weight is 441 g/mol. The van der Waals surface area contributed by atoms with Gasteiger partial charge >= 0.3 is 0 Å². The van der Waals surface area contributed by atoms with E-state index < -0.39 is 9.35 Å². The highest BCUT2D eigenvalue weighted by Gasteiger charge is 2.57. The van der Waals surface area contributed by atoms with Gasteiger partial charge in [0.05, 0.1) is 4.90 Å². The molecule has 0 bridgehead atoms. The summed E-state index contributed by atoms with van der Waals surface area (Å²) < 4.78 is 22.5. The van der Waals surface area contributed by atoms with Crippen molar-refractivity contribution >= 4 is 9.35 Å². The quantitative estimate of drug-likeness (QED) is 0.711. The van der Waals surface area contributed by atoms with Crippen LogP contribution in [0.5, 0.6) is 0 Å². The zero-order valence-electron chi connectivity index (χ0n) is 18.8. The lowest BCUT2D eigenvalue weighted by Gasteiger charge is -2.34. The van der Waals surface area contributed by atoms with Crippen LogP contribution in [0, 0.1) is 5.92 Å². The Bertz CT molecular complexity index is 1010. The zero-order chi connectivity index (χ0) is 21.7. The first-order valence-corrected chi connectivity index (χ1v) is 14.4. The first-order chi connectivity index (χ1) is 14.7. The Balaban J connectivity index is 1.08. The van der Waals surface area contributed by atoms with Gasteiger partial charge in [0.15, 0.2) is 0 Å². The number of nitrogens with zero attached hydrogens (tertiary/aromatic N) is 1. The van der Waals surface area contributed by atoms with E-state index in [0.717, 1.165) is 32.1 Å². The first-order valence-electron chi connectivity index (χ1n) is 11.7. The van der Waals surface area contributed by atoms with E-state index in [2.05, 4.69) is 34.5 Å². The van der Waals surface area contributed by atoms with Crippen LogP contribution in [-0.2, 0) is 27.7 Å². The van der Waals surface area contributed by atoms with Crippen molar-refractivity contribution in [3.05, 3.63) is 65.2 Å². The standard InChI is InChI=1S/C26H36N2O2S/c1-31(2,29,30)23-9-7-21(8-10-23)19-28-15-12-20(13-16-28)18-27-25-17-26(25)14-11-22-5-3-4-6-24(22)26/h3-10,20,25,27H,11-19H2,1-2H3,(H,29,30). The molecule has 5 rings (SSSR count). The van der Waals surface area contributed by atoms with Gasteiger partial charge in [-0.2, -0.15) is 9.35 Å². The van der Waals surface area contributed by atoms with Gasteiger partial charge in [-0.3, -0.25) is 9.45 Å². The maximum absolute atomic E-state index is 12.3.